The van der Waals surface area contributed by atoms with Crippen molar-refractivity contribution in [1.82, 2.24) is 4.98 Å². The van der Waals surface area contributed by atoms with E-state index in [-0.39, 0.29) is 0 Å². The van der Waals surface area contributed by atoms with Crippen LogP contribution in [0.15, 0.2) is 42.6 Å². The van der Waals surface area contributed by atoms with Crippen molar-refractivity contribution >= 4 is 5.69 Å². The van der Waals surface area contributed by atoms with Gasteiger partial charge in [-0.1, -0.05) is 12.1 Å². The first-order valence-corrected chi connectivity index (χ1v) is 6.48. The van der Waals surface area contributed by atoms with Crippen LogP contribution in [0.2, 0.25) is 0 Å². The van der Waals surface area contributed by atoms with E-state index in [2.05, 4.69) is 10.3 Å². The molecule has 3 nitrogen and oxygen atoms in total. The number of hydrogen-bond donors (Lipinski definition) is 1. The average molecular weight is 296 g/mol. The topological polar surface area (TPSA) is 34.1 Å². The van der Waals surface area contributed by atoms with Crippen LogP contribution in [0.5, 0.6) is 5.75 Å². The highest BCUT2D eigenvalue weighted by Crippen LogP contribution is 2.27. The second-order valence-corrected chi connectivity index (χ2v) is 4.36. The number of aromatic nitrogens is 1. The van der Waals surface area contributed by atoms with Crippen molar-refractivity contribution in [2.24, 2.45) is 0 Å². The molecule has 1 aromatic heterocycles. The minimum absolute atomic E-state index is 0.499. The Morgan fingerprint density at radius 1 is 1.10 bits per heavy atom. The van der Waals surface area contributed by atoms with Gasteiger partial charge in [0.15, 0.2) is 0 Å². The Morgan fingerprint density at radius 2 is 1.81 bits per heavy atom. The van der Waals surface area contributed by atoms with Gasteiger partial charge in [0, 0.05) is 6.54 Å². The number of ether oxygens (including phenoxy) is 1. The Labute approximate surface area is 120 Å². The van der Waals surface area contributed by atoms with Crippen molar-refractivity contribution in [2.45, 2.75) is 19.6 Å². The lowest BCUT2D eigenvalue weighted by molar-refractivity contribution is -0.141. The van der Waals surface area contributed by atoms with Crippen molar-refractivity contribution < 1.29 is 17.9 Å². The van der Waals surface area contributed by atoms with E-state index in [0.717, 1.165) is 17.4 Å². The summed E-state index contributed by atoms with van der Waals surface area (Å²) in [7, 11) is 0. The minimum Gasteiger partial charge on any atom is -0.494 e. The summed E-state index contributed by atoms with van der Waals surface area (Å²) < 4.78 is 42.5. The smallest absolute Gasteiger partial charge is 0.433 e. The Kier molecular flexibility index (Phi) is 4.67. The lowest BCUT2D eigenvalue weighted by Crippen LogP contribution is -2.08. The maximum absolute atomic E-state index is 12.4. The second-order valence-electron chi connectivity index (χ2n) is 4.36. The standard InChI is InChI=1S/C15H15F3N2O/c1-2-21-13-6-3-11(4-7-13)9-19-12-5-8-14(20-10-12)15(16,17)18/h3-8,10,19H,2,9H2,1H3. The van der Waals surface area contributed by atoms with Gasteiger partial charge in [-0.05, 0) is 36.8 Å². The first-order valence-electron chi connectivity index (χ1n) is 6.48. The van der Waals surface area contributed by atoms with Crippen molar-refractivity contribution in [1.29, 1.82) is 0 Å². The highest BCUT2D eigenvalue weighted by molar-refractivity contribution is 5.42. The molecule has 0 radical (unpaired) electrons. The van der Waals surface area contributed by atoms with Crippen LogP contribution in [-0.4, -0.2) is 11.6 Å². The van der Waals surface area contributed by atoms with Crippen molar-refractivity contribution in [3.05, 3.63) is 53.9 Å². The van der Waals surface area contributed by atoms with Crippen LogP contribution in [0.3, 0.4) is 0 Å². The molecule has 6 heteroatoms. The molecule has 1 aromatic carbocycles. The summed E-state index contributed by atoms with van der Waals surface area (Å²) in [5.74, 6) is 0.789. The van der Waals surface area contributed by atoms with E-state index in [4.69, 9.17) is 4.74 Å². The van der Waals surface area contributed by atoms with Crippen LogP contribution in [0.25, 0.3) is 0 Å². The number of rotatable bonds is 5. The van der Waals surface area contributed by atoms with E-state index in [1.807, 2.05) is 31.2 Å². The van der Waals surface area contributed by atoms with Crippen molar-refractivity contribution in [3.63, 3.8) is 0 Å². The molecule has 0 aliphatic carbocycles. The average Bonchev–Trinajstić information content (AvgIpc) is 2.46. The molecule has 2 rings (SSSR count). The minimum atomic E-state index is -4.41. The second kappa shape index (κ2) is 6.47. The monoisotopic (exact) mass is 296 g/mol. The summed E-state index contributed by atoms with van der Waals surface area (Å²) in [4.78, 5) is 3.39. The largest absolute Gasteiger partial charge is 0.494 e. The van der Waals surface area contributed by atoms with Gasteiger partial charge in [-0.15, -0.1) is 0 Å². The van der Waals surface area contributed by atoms with Gasteiger partial charge in [-0.2, -0.15) is 13.2 Å². The number of nitrogens with zero attached hydrogens (tertiary/aromatic N) is 1. The molecule has 112 valence electrons. The molecule has 1 N–H and O–H groups in total. The molecular formula is C15H15F3N2O. The van der Waals surface area contributed by atoms with Gasteiger partial charge in [0.25, 0.3) is 0 Å². The maximum atomic E-state index is 12.4. The predicted octanol–water partition coefficient (Wildman–Crippen LogP) is 4.11. The molecular weight excluding hydrogens is 281 g/mol. The van der Waals surface area contributed by atoms with Crippen LogP contribution in [0.1, 0.15) is 18.2 Å². The fraction of sp³-hybridized carbons (Fsp3) is 0.267. The summed E-state index contributed by atoms with van der Waals surface area (Å²) in [6.07, 6.45) is -3.23. The molecule has 1 heterocycles. The number of benzene rings is 1. The Morgan fingerprint density at radius 3 is 2.33 bits per heavy atom. The van der Waals surface area contributed by atoms with Crippen LogP contribution >= 0.6 is 0 Å². The number of anilines is 1. The molecule has 0 saturated carbocycles. The van der Waals surface area contributed by atoms with Gasteiger partial charge in [-0.25, -0.2) is 4.98 Å². The van der Waals surface area contributed by atoms with E-state index in [1.165, 1.54) is 12.3 Å². The summed E-state index contributed by atoms with van der Waals surface area (Å²) in [6.45, 7) is 3.02. The zero-order valence-electron chi connectivity index (χ0n) is 11.4. The van der Waals surface area contributed by atoms with E-state index in [1.54, 1.807) is 0 Å². The third kappa shape index (κ3) is 4.37. The summed E-state index contributed by atoms with van der Waals surface area (Å²) in [6, 6.07) is 9.83. The first kappa shape index (κ1) is 15.2. The zero-order chi connectivity index (χ0) is 15.3. The van der Waals surface area contributed by atoms with Gasteiger partial charge in [0.2, 0.25) is 0 Å². The van der Waals surface area contributed by atoms with Gasteiger partial charge < -0.3 is 10.1 Å². The van der Waals surface area contributed by atoms with E-state index < -0.39 is 11.9 Å². The van der Waals surface area contributed by atoms with Gasteiger partial charge >= 0.3 is 6.18 Å². The normalized spacial score (nSPS) is 11.2. The number of halogens is 3. The Hall–Kier alpha value is -2.24. The number of nitrogens with one attached hydrogen (secondary N) is 1. The molecule has 0 atom stereocenters. The molecule has 0 unspecified atom stereocenters. The molecule has 21 heavy (non-hydrogen) atoms. The fourth-order valence-electron chi connectivity index (χ4n) is 1.74. The Bertz CT molecular complexity index is 565. The molecule has 0 fully saturated rings. The highest BCUT2D eigenvalue weighted by Gasteiger charge is 2.31. The van der Waals surface area contributed by atoms with Crippen LogP contribution < -0.4 is 10.1 Å². The molecule has 0 bridgehead atoms. The van der Waals surface area contributed by atoms with Gasteiger partial charge in [-0.3, -0.25) is 0 Å². The first-order chi connectivity index (χ1) is 9.99. The van der Waals surface area contributed by atoms with Crippen LogP contribution in [0.4, 0.5) is 18.9 Å². The highest BCUT2D eigenvalue weighted by atomic mass is 19.4. The summed E-state index contributed by atoms with van der Waals surface area (Å²) >= 11 is 0. The van der Waals surface area contributed by atoms with Crippen molar-refractivity contribution in [2.75, 3.05) is 11.9 Å². The summed E-state index contributed by atoms with van der Waals surface area (Å²) in [5.41, 5.74) is 0.643. The number of alkyl halides is 3. The number of hydrogen-bond acceptors (Lipinski definition) is 3. The van der Waals surface area contributed by atoms with E-state index in [0.29, 0.717) is 18.8 Å². The molecule has 0 spiro atoms. The number of pyridine rings is 1. The van der Waals surface area contributed by atoms with E-state index >= 15 is 0 Å². The molecule has 2 aromatic rings. The zero-order valence-corrected chi connectivity index (χ0v) is 11.4. The molecule has 0 aliphatic rings. The lowest BCUT2D eigenvalue weighted by Gasteiger charge is -2.09. The predicted molar refractivity (Wildman–Crippen MR) is 74.2 cm³/mol. The van der Waals surface area contributed by atoms with Crippen LogP contribution in [0, 0.1) is 0 Å². The lowest BCUT2D eigenvalue weighted by atomic mass is 10.2. The molecule has 0 aliphatic heterocycles. The quantitative estimate of drug-likeness (QED) is 0.901. The molecule has 0 amide bonds. The summed E-state index contributed by atoms with van der Waals surface area (Å²) in [5, 5.41) is 3.02. The van der Waals surface area contributed by atoms with Crippen molar-refractivity contribution in [3.8, 4) is 5.75 Å². The third-order valence-electron chi connectivity index (χ3n) is 2.78. The SMILES string of the molecule is CCOc1ccc(CNc2ccc(C(F)(F)F)nc2)cc1. The van der Waals surface area contributed by atoms with E-state index in [9.17, 15) is 13.2 Å². The van der Waals surface area contributed by atoms with Crippen LogP contribution in [-0.2, 0) is 12.7 Å². The molecule has 0 saturated heterocycles. The van der Waals surface area contributed by atoms with Gasteiger partial charge in [0.05, 0.1) is 18.5 Å². The Balaban J connectivity index is 1.93. The van der Waals surface area contributed by atoms with Gasteiger partial charge in [0.1, 0.15) is 11.4 Å². The fourth-order valence-corrected chi connectivity index (χ4v) is 1.74. The maximum Gasteiger partial charge on any atom is 0.433 e. The third-order valence-corrected chi connectivity index (χ3v) is 2.78.